The molecule has 35 heavy (non-hydrogen) atoms. The minimum Gasteiger partial charge on any atom is -0.383 e. The fourth-order valence-electron chi connectivity index (χ4n) is 3.78. The molecule has 1 saturated heterocycles. The molecule has 2 unspecified atom stereocenters. The van der Waals surface area contributed by atoms with Gasteiger partial charge in [0, 0.05) is 19.8 Å². The van der Waals surface area contributed by atoms with Crippen molar-refractivity contribution < 1.29 is 48.3 Å². The van der Waals surface area contributed by atoms with Gasteiger partial charge in [-0.25, -0.2) is 16.8 Å². The third-order valence-corrected chi connectivity index (χ3v) is 9.63. The summed E-state index contributed by atoms with van der Waals surface area (Å²) in [5.41, 5.74) is -1.09. The van der Waals surface area contributed by atoms with Gasteiger partial charge in [-0.3, -0.25) is 4.68 Å². The molecule has 3 rings (SSSR count). The number of ether oxygens (including phenoxy) is 2. The van der Waals surface area contributed by atoms with Gasteiger partial charge in [0.05, 0.1) is 34.1 Å². The van der Waals surface area contributed by atoms with Gasteiger partial charge in [-0.1, -0.05) is 6.07 Å². The van der Waals surface area contributed by atoms with E-state index in [0.717, 1.165) is 28.9 Å². The number of nitrogens with zero attached hydrogens (tertiary/aromatic N) is 2. The summed E-state index contributed by atoms with van der Waals surface area (Å²) < 4.78 is 126. The zero-order valence-electron chi connectivity index (χ0n) is 18.6. The molecule has 2 aromatic rings. The molecule has 2 heterocycles. The van der Waals surface area contributed by atoms with Crippen molar-refractivity contribution >= 4 is 19.7 Å². The predicted molar refractivity (Wildman–Crippen MR) is 112 cm³/mol. The van der Waals surface area contributed by atoms with Crippen LogP contribution in [0.1, 0.15) is 37.1 Å². The van der Waals surface area contributed by atoms with Gasteiger partial charge in [-0.15, -0.1) is 0 Å². The zero-order valence-corrected chi connectivity index (χ0v) is 20.3. The van der Waals surface area contributed by atoms with E-state index in [1.54, 1.807) is 0 Å². The van der Waals surface area contributed by atoms with E-state index in [4.69, 9.17) is 9.47 Å². The summed E-state index contributed by atoms with van der Waals surface area (Å²) in [6, 6.07) is 4.27. The summed E-state index contributed by atoms with van der Waals surface area (Å²) in [7, 11) is -8.01. The van der Waals surface area contributed by atoms with E-state index in [-0.39, 0.29) is 38.3 Å². The maximum atomic E-state index is 13.4. The average Bonchev–Trinajstić information content (AvgIpc) is 3.22. The lowest BCUT2D eigenvalue weighted by atomic mass is 9.95. The number of sulfone groups is 2. The molecule has 1 aliphatic rings. The number of benzene rings is 1. The van der Waals surface area contributed by atoms with Crippen molar-refractivity contribution in [2.24, 2.45) is 0 Å². The second-order valence-electron chi connectivity index (χ2n) is 8.22. The fourth-order valence-corrected chi connectivity index (χ4v) is 6.29. The Morgan fingerprint density at radius 2 is 1.91 bits per heavy atom. The number of rotatable bonds is 8. The molecule has 1 fully saturated rings. The summed E-state index contributed by atoms with van der Waals surface area (Å²) >= 11 is 0. The maximum absolute atomic E-state index is 13.4. The Morgan fingerprint density at radius 1 is 1.23 bits per heavy atom. The molecule has 1 aromatic heterocycles. The van der Waals surface area contributed by atoms with Crippen LogP contribution in [0.2, 0.25) is 0 Å². The number of aromatic nitrogens is 2. The highest BCUT2D eigenvalue weighted by molar-refractivity contribution is 7.92. The van der Waals surface area contributed by atoms with Gasteiger partial charge in [0.1, 0.15) is 6.10 Å². The molecule has 15 heteroatoms. The molecule has 1 aromatic carbocycles. The molecule has 196 valence electrons. The molecule has 1 aliphatic heterocycles. The fraction of sp³-hybridized carbons (Fsp3) is 0.550. The van der Waals surface area contributed by atoms with Gasteiger partial charge in [0.15, 0.2) is 14.9 Å². The Labute approximate surface area is 198 Å². The van der Waals surface area contributed by atoms with E-state index in [0.29, 0.717) is 6.07 Å². The van der Waals surface area contributed by atoms with Crippen LogP contribution in [-0.4, -0.2) is 57.4 Å². The van der Waals surface area contributed by atoms with Crippen LogP contribution in [0.15, 0.2) is 40.3 Å². The molecular formula is C20H23F5N2O6S2. The summed E-state index contributed by atoms with van der Waals surface area (Å²) in [5.74, 6) is -3.72. The third kappa shape index (κ3) is 5.37. The van der Waals surface area contributed by atoms with Crippen molar-refractivity contribution in [2.45, 2.75) is 59.0 Å². The molecule has 0 amide bonds. The van der Waals surface area contributed by atoms with Crippen LogP contribution >= 0.6 is 0 Å². The molecule has 8 nitrogen and oxygen atoms in total. The van der Waals surface area contributed by atoms with Crippen molar-refractivity contribution in [3.05, 3.63) is 41.6 Å². The second kappa shape index (κ2) is 9.75. The van der Waals surface area contributed by atoms with Gasteiger partial charge in [0.25, 0.3) is 9.84 Å². The van der Waals surface area contributed by atoms with Crippen molar-refractivity contribution in [3.63, 3.8) is 0 Å². The molecule has 0 radical (unpaired) electrons. The first-order valence-corrected chi connectivity index (χ1v) is 13.3. The van der Waals surface area contributed by atoms with Crippen molar-refractivity contribution in [1.29, 1.82) is 0 Å². The number of hydrogen-bond acceptors (Lipinski definition) is 7. The van der Waals surface area contributed by atoms with E-state index in [9.17, 15) is 38.8 Å². The molecule has 0 aliphatic carbocycles. The van der Waals surface area contributed by atoms with E-state index in [2.05, 4.69) is 5.10 Å². The number of halogens is 5. The largest absolute Gasteiger partial charge is 0.416 e. The van der Waals surface area contributed by atoms with Crippen LogP contribution in [0, 0.1) is 0 Å². The SMILES string of the molecule is COCCn1nc(S(=O)(=O)C(F)F)cc1C1CC(C)(S(=O)(=O)c2cccc(C(F)(F)F)c2)CCO1. The maximum Gasteiger partial charge on any atom is 0.416 e. The normalized spacial score (nSPS) is 22.0. The van der Waals surface area contributed by atoms with Crippen LogP contribution in [0.25, 0.3) is 0 Å². The Balaban J connectivity index is 2.01. The molecule has 0 spiro atoms. The zero-order chi connectivity index (χ0) is 26.2. The monoisotopic (exact) mass is 546 g/mol. The van der Waals surface area contributed by atoms with Crippen LogP contribution in [0.3, 0.4) is 0 Å². The van der Waals surface area contributed by atoms with Crippen molar-refractivity contribution in [1.82, 2.24) is 9.78 Å². The van der Waals surface area contributed by atoms with Crippen LogP contribution < -0.4 is 0 Å². The highest BCUT2D eigenvalue weighted by atomic mass is 32.2. The first-order chi connectivity index (χ1) is 16.1. The Bertz CT molecular complexity index is 1280. The minimum absolute atomic E-state index is 0.0337. The number of alkyl halides is 5. The van der Waals surface area contributed by atoms with E-state index in [1.807, 2.05) is 0 Å². The Kier molecular flexibility index (Phi) is 7.65. The van der Waals surface area contributed by atoms with Gasteiger partial charge in [0.2, 0.25) is 0 Å². The summed E-state index contributed by atoms with van der Waals surface area (Å²) in [4.78, 5) is -0.524. The van der Waals surface area contributed by atoms with Crippen LogP contribution in [0.4, 0.5) is 22.0 Å². The van der Waals surface area contributed by atoms with Crippen LogP contribution in [-0.2, 0) is 41.9 Å². The molecule has 2 atom stereocenters. The predicted octanol–water partition coefficient (Wildman–Crippen LogP) is 3.63. The lowest BCUT2D eigenvalue weighted by molar-refractivity contribution is -0.137. The van der Waals surface area contributed by atoms with Gasteiger partial charge in [-0.05, 0) is 38.0 Å². The van der Waals surface area contributed by atoms with Gasteiger partial charge < -0.3 is 9.47 Å². The summed E-state index contributed by atoms with van der Waals surface area (Å²) in [6.07, 6.45) is -6.17. The van der Waals surface area contributed by atoms with E-state index < -0.39 is 57.9 Å². The molecule has 0 saturated carbocycles. The van der Waals surface area contributed by atoms with Gasteiger partial charge >= 0.3 is 11.9 Å². The smallest absolute Gasteiger partial charge is 0.383 e. The van der Waals surface area contributed by atoms with Crippen molar-refractivity contribution in [2.75, 3.05) is 20.3 Å². The highest BCUT2D eigenvalue weighted by Gasteiger charge is 2.47. The summed E-state index contributed by atoms with van der Waals surface area (Å²) in [5, 5.41) is 2.83. The highest BCUT2D eigenvalue weighted by Crippen LogP contribution is 2.43. The lowest BCUT2D eigenvalue weighted by Crippen LogP contribution is -2.42. The Hall–Kier alpha value is -2.10. The lowest BCUT2D eigenvalue weighted by Gasteiger charge is -2.37. The standard InChI is InChI=1S/C20H23F5N2O6S2/c1-19(35(30,31)14-5-3-4-13(10-14)20(23,24)25)6-8-33-16(12-19)15-11-17(34(28,29)18(21)22)26-27(15)7-9-32-2/h3-5,10-11,16,18H,6-9,12H2,1-2H3. The van der Waals surface area contributed by atoms with E-state index >= 15 is 0 Å². The molecule has 0 N–H and O–H groups in total. The third-order valence-electron chi connectivity index (χ3n) is 5.84. The van der Waals surface area contributed by atoms with Gasteiger partial charge in [-0.2, -0.15) is 27.1 Å². The topological polar surface area (TPSA) is 105 Å². The minimum atomic E-state index is -5.05. The van der Waals surface area contributed by atoms with E-state index in [1.165, 1.54) is 14.0 Å². The quantitative estimate of drug-likeness (QED) is 0.466. The average molecular weight is 547 g/mol. The summed E-state index contributed by atoms with van der Waals surface area (Å²) in [6.45, 7) is 1.22. The van der Waals surface area contributed by atoms with Crippen LogP contribution in [0.5, 0.6) is 0 Å². The molecular weight excluding hydrogens is 523 g/mol. The Morgan fingerprint density at radius 3 is 2.51 bits per heavy atom. The molecule has 0 bridgehead atoms. The first-order valence-electron chi connectivity index (χ1n) is 10.3. The number of methoxy groups -OCH3 is 1. The first kappa shape index (κ1) is 27.5. The number of hydrogen-bond donors (Lipinski definition) is 0. The second-order valence-corrected chi connectivity index (χ2v) is 12.6. The van der Waals surface area contributed by atoms with Crippen molar-refractivity contribution in [3.8, 4) is 0 Å².